The summed E-state index contributed by atoms with van der Waals surface area (Å²) in [5.74, 6) is 0.990. The molecule has 2 atom stereocenters. The van der Waals surface area contributed by atoms with Crippen LogP contribution in [0.3, 0.4) is 0 Å². The van der Waals surface area contributed by atoms with E-state index in [0.717, 1.165) is 25.7 Å². The maximum Gasteiger partial charge on any atom is 0.214 e. The van der Waals surface area contributed by atoms with Gasteiger partial charge in [0.05, 0.1) is 5.75 Å². The van der Waals surface area contributed by atoms with E-state index in [9.17, 15) is 8.42 Å². The molecule has 4 nitrogen and oxygen atoms in total. The lowest BCUT2D eigenvalue weighted by Crippen LogP contribution is -2.52. The molecule has 1 saturated carbocycles. The normalized spacial score (nSPS) is 29.2. The molecule has 1 aliphatic carbocycles. The first-order valence-corrected chi connectivity index (χ1v) is 8.37. The van der Waals surface area contributed by atoms with E-state index in [1.807, 2.05) is 6.92 Å². The number of hydrogen-bond acceptors (Lipinski definition) is 3. The lowest BCUT2D eigenvalue weighted by Gasteiger charge is -2.37. The van der Waals surface area contributed by atoms with Crippen molar-refractivity contribution in [2.45, 2.75) is 57.5 Å². The Morgan fingerprint density at radius 2 is 2.00 bits per heavy atom. The van der Waals surface area contributed by atoms with Crippen molar-refractivity contribution in [1.82, 2.24) is 4.31 Å². The first-order chi connectivity index (χ1) is 8.00. The summed E-state index contributed by atoms with van der Waals surface area (Å²) in [4.78, 5) is 0. The molecule has 1 saturated heterocycles. The monoisotopic (exact) mass is 260 g/mol. The van der Waals surface area contributed by atoms with E-state index in [0.29, 0.717) is 18.2 Å². The van der Waals surface area contributed by atoms with Gasteiger partial charge in [0.2, 0.25) is 10.0 Å². The maximum atomic E-state index is 12.3. The highest BCUT2D eigenvalue weighted by atomic mass is 32.2. The minimum atomic E-state index is -3.08. The van der Waals surface area contributed by atoms with Crippen LogP contribution < -0.4 is 5.73 Å². The van der Waals surface area contributed by atoms with Crippen LogP contribution in [-0.2, 0) is 10.0 Å². The van der Waals surface area contributed by atoms with Gasteiger partial charge in [0, 0.05) is 18.6 Å². The van der Waals surface area contributed by atoms with Crippen LogP contribution in [0.2, 0.25) is 0 Å². The summed E-state index contributed by atoms with van der Waals surface area (Å²) < 4.78 is 26.3. The zero-order valence-corrected chi connectivity index (χ0v) is 11.5. The lowest BCUT2D eigenvalue weighted by molar-refractivity contribution is 0.227. The van der Waals surface area contributed by atoms with E-state index in [2.05, 4.69) is 0 Å². The van der Waals surface area contributed by atoms with E-state index < -0.39 is 10.0 Å². The second-order valence-electron chi connectivity index (χ2n) is 5.58. The molecule has 1 heterocycles. The Labute approximate surface area is 105 Å². The fourth-order valence-corrected chi connectivity index (χ4v) is 4.62. The third kappa shape index (κ3) is 3.42. The third-order valence-electron chi connectivity index (χ3n) is 3.94. The van der Waals surface area contributed by atoms with Crippen molar-refractivity contribution in [2.24, 2.45) is 11.7 Å². The Bertz CT molecular complexity index is 350. The van der Waals surface area contributed by atoms with Crippen LogP contribution in [0.25, 0.3) is 0 Å². The summed E-state index contributed by atoms with van der Waals surface area (Å²) in [5, 5.41) is 0. The fraction of sp³-hybridized carbons (Fsp3) is 1.00. The number of piperidine rings is 1. The minimum absolute atomic E-state index is 0.0213. The molecule has 2 N–H and O–H groups in total. The van der Waals surface area contributed by atoms with Crippen molar-refractivity contribution < 1.29 is 8.42 Å². The van der Waals surface area contributed by atoms with Gasteiger partial charge in [0.25, 0.3) is 0 Å². The Kier molecular flexibility index (Phi) is 4.10. The Hall–Kier alpha value is -0.130. The molecule has 0 spiro atoms. The summed E-state index contributed by atoms with van der Waals surface area (Å²) in [6.07, 6.45) is 6.26. The Morgan fingerprint density at radius 3 is 2.59 bits per heavy atom. The predicted molar refractivity (Wildman–Crippen MR) is 69.1 cm³/mol. The highest BCUT2D eigenvalue weighted by molar-refractivity contribution is 7.89. The van der Waals surface area contributed by atoms with E-state index in [1.54, 1.807) is 4.31 Å². The van der Waals surface area contributed by atoms with Crippen LogP contribution in [0.15, 0.2) is 0 Å². The predicted octanol–water partition coefficient (Wildman–Crippen LogP) is 1.32. The van der Waals surface area contributed by atoms with Crippen LogP contribution in [0.1, 0.15) is 45.4 Å². The summed E-state index contributed by atoms with van der Waals surface area (Å²) >= 11 is 0. The molecule has 17 heavy (non-hydrogen) atoms. The summed E-state index contributed by atoms with van der Waals surface area (Å²) in [6, 6.07) is -0.0426. The van der Waals surface area contributed by atoms with Crippen LogP contribution >= 0.6 is 0 Å². The van der Waals surface area contributed by atoms with Crippen LogP contribution in [0.4, 0.5) is 0 Å². The molecule has 0 aromatic carbocycles. The SMILES string of the molecule is CC(N)C1CCCCN1S(=O)(=O)CCC1CC1. The van der Waals surface area contributed by atoms with Crippen molar-refractivity contribution in [3.05, 3.63) is 0 Å². The van der Waals surface area contributed by atoms with Crippen LogP contribution in [-0.4, -0.2) is 37.1 Å². The van der Waals surface area contributed by atoms with Gasteiger partial charge in [-0.15, -0.1) is 0 Å². The average molecular weight is 260 g/mol. The van der Waals surface area contributed by atoms with Crippen molar-refractivity contribution in [3.8, 4) is 0 Å². The first kappa shape index (κ1) is 13.3. The first-order valence-electron chi connectivity index (χ1n) is 6.76. The second kappa shape index (κ2) is 5.24. The third-order valence-corrected chi connectivity index (χ3v) is 5.86. The van der Waals surface area contributed by atoms with Crippen molar-refractivity contribution in [3.63, 3.8) is 0 Å². The lowest BCUT2D eigenvalue weighted by atomic mass is 10.00. The van der Waals surface area contributed by atoms with E-state index in [1.165, 1.54) is 12.8 Å². The molecule has 2 unspecified atom stereocenters. The molecule has 5 heteroatoms. The molecule has 0 aromatic rings. The zero-order chi connectivity index (χ0) is 12.5. The van der Waals surface area contributed by atoms with Gasteiger partial charge < -0.3 is 5.73 Å². The standard InChI is InChI=1S/C12H24N2O2S/c1-10(13)12-4-2-3-8-14(12)17(15,16)9-7-11-5-6-11/h10-12H,2-9,13H2,1H3. The van der Waals surface area contributed by atoms with Gasteiger partial charge in [-0.2, -0.15) is 4.31 Å². The quantitative estimate of drug-likeness (QED) is 0.811. The summed E-state index contributed by atoms with van der Waals surface area (Å²) in [7, 11) is -3.08. The molecule has 100 valence electrons. The van der Waals surface area contributed by atoms with Crippen molar-refractivity contribution in [2.75, 3.05) is 12.3 Å². The number of nitrogens with zero attached hydrogens (tertiary/aromatic N) is 1. The number of rotatable bonds is 5. The molecule has 2 aliphatic rings. The molecule has 0 radical (unpaired) electrons. The minimum Gasteiger partial charge on any atom is -0.326 e. The van der Waals surface area contributed by atoms with Gasteiger partial charge in [-0.1, -0.05) is 19.3 Å². The number of sulfonamides is 1. The number of hydrogen-bond donors (Lipinski definition) is 1. The highest BCUT2D eigenvalue weighted by Gasteiger charge is 2.35. The van der Waals surface area contributed by atoms with Gasteiger partial charge in [0.15, 0.2) is 0 Å². The largest absolute Gasteiger partial charge is 0.326 e. The number of nitrogens with two attached hydrogens (primary N) is 1. The van der Waals surface area contributed by atoms with Gasteiger partial charge in [-0.05, 0) is 32.1 Å². The van der Waals surface area contributed by atoms with Gasteiger partial charge >= 0.3 is 0 Å². The maximum absolute atomic E-state index is 12.3. The molecule has 1 aliphatic heterocycles. The smallest absolute Gasteiger partial charge is 0.214 e. The molecule has 0 amide bonds. The highest BCUT2D eigenvalue weighted by Crippen LogP contribution is 2.33. The molecule has 0 bridgehead atoms. The topological polar surface area (TPSA) is 63.4 Å². The van der Waals surface area contributed by atoms with Gasteiger partial charge in [-0.25, -0.2) is 8.42 Å². The summed E-state index contributed by atoms with van der Waals surface area (Å²) in [6.45, 7) is 2.58. The van der Waals surface area contributed by atoms with Crippen LogP contribution in [0, 0.1) is 5.92 Å². The average Bonchev–Trinajstić information content (AvgIpc) is 3.10. The molecular formula is C12H24N2O2S. The molecule has 2 fully saturated rings. The second-order valence-corrected chi connectivity index (χ2v) is 7.62. The Morgan fingerprint density at radius 1 is 1.29 bits per heavy atom. The molecule has 2 rings (SSSR count). The molecule has 0 aromatic heterocycles. The summed E-state index contributed by atoms with van der Waals surface area (Å²) in [5.41, 5.74) is 5.92. The van der Waals surface area contributed by atoms with Crippen molar-refractivity contribution in [1.29, 1.82) is 0 Å². The van der Waals surface area contributed by atoms with E-state index in [-0.39, 0.29) is 12.1 Å². The fourth-order valence-electron chi connectivity index (χ4n) is 2.64. The van der Waals surface area contributed by atoms with Crippen molar-refractivity contribution >= 4 is 10.0 Å². The van der Waals surface area contributed by atoms with Crippen LogP contribution in [0.5, 0.6) is 0 Å². The van der Waals surface area contributed by atoms with Gasteiger partial charge in [0.1, 0.15) is 0 Å². The zero-order valence-electron chi connectivity index (χ0n) is 10.6. The van der Waals surface area contributed by atoms with E-state index >= 15 is 0 Å². The molecular weight excluding hydrogens is 236 g/mol. The van der Waals surface area contributed by atoms with Gasteiger partial charge in [-0.3, -0.25) is 0 Å². The Balaban J connectivity index is 2.00. The van der Waals surface area contributed by atoms with E-state index in [4.69, 9.17) is 5.73 Å².